The summed E-state index contributed by atoms with van der Waals surface area (Å²) in [6.07, 6.45) is 1.15. The van der Waals surface area contributed by atoms with Gasteiger partial charge in [0, 0.05) is 29.8 Å². The minimum absolute atomic E-state index is 0.0811. The highest BCUT2D eigenvalue weighted by atomic mass is 35.7. The molecule has 1 unspecified atom stereocenters. The number of hydrogen-bond acceptors (Lipinski definition) is 6. The van der Waals surface area contributed by atoms with E-state index >= 15 is 0 Å². The molecular formula is C11H11ClN2O5S. The van der Waals surface area contributed by atoms with Crippen LogP contribution in [0.15, 0.2) is 18.3 Å². The third kappa shape index (κ3) is 2.91. The van der Waals surface area contributed by atoms with Gasteiger partial charge in [0.2, 0.25) is 15.0 Å². The van der Waals surface area contributed by atoms with Gasteiger partial charge in [-0.3, -0.25) is 9.69 Å². The minimum Gasteiger partial charge on any atom is -0.465 e. The Labute approximate surface area is 119 Å². The number of ether oxygens (including phenoxy) is 1. The molecule has 0 aliphatic carbocycles. The molecule has 1 fully saturated rings. The van der Waals surface area contributed by atoms with Crippen LogP contribution in [0.5, 0.6) is 0 Å². The molecule has 1 atom stereocenters. The van der Waals surface area contributed by atoms with Gasteiger partial charge in [-0.25, -0.2) is 18.2 Å². The Kier molecular flexibility index (Phi) is 3.96. The second kappa shape index (κ2) is 5.37. The quantitative estimate of drug-likeness (QED) is 0.596. The summed E-state index contributed by atoms with van der Waals surface area (Å²) in [5.74, 6) is -0.781. The third-order valence-electron chi connectivity index (χ3n) is 2.93. The van der Waals surface area contributed by atoms with Gasteiger partial charge in [-0.15, -0.1) is 0 Å². The van der Waals surface area contributed by atoms with Crippen molar-refractivity contribution in [2.75, 3.05) is 18.6 Å². The van der Waals surface area contributed by atoms with Crippen molar-refractivity contribution in [3.8, 4) is 0 Å². The highest BCUT2D eigenvalue weighted by molar-refractivity contribution is 8.14. The number of carbonyl (C=O) groups is 2. The lowest BCUT2D eigenvalue weighted by Gasteiger charge is -2.15. The molecule has 9 heteroatoms. The zero-order chi connectivity index (χ0) is 14.9. The van der Waals surface area contributed by atoms with Gasteiger partial charge in [-0.05, 0) is 12.1 Å². The predicted octanol–water partition coefficient (Wildman–Crippen LogP) is 0.542. The molecule has 20 heavy (non-hydrogen) atoms. The van der Waals surface area contributed by atoms with Crippen molar-refractivity contribution in [3.05, 3.63) is 23.9 Å². The van der Waals surface area contributed by atoms with E-state index in [9.17, 15) is 18.0 Å². The Morgan fingerprint density at radius 1 is 1.55 bits per heavy atom. The van der Waals surface area contributed by atoms with Crippen LogP contribution in [0.2, 0.25) is 0 Å². The van der Waals surface area contributed by atoms with Crippen LogP contribution in [0, 0.1) is 0 Å². The second-order valence-corrected chi connectivity index (χ2v) is 7.11. The second-order valence-electron chi connectivity index (χ2n) is 4.20. The molecule has 2 rings (SSSR count). The molecule has 0 aromatic carbocycles. The van der Waals surface area contributed by atoms with Crippen LogP contribution >= 0.6 is 10.7 Å². The number of anilines is 1. The fourth-order valence-electron chi connectivity index (χ4n) is 1.90. The zero-order valence-electron chi connectivity index (χ0n) is 10.4. The van der Waals surface area contributed by atoms with Crippen molar-refractivity contribution in [1.82, 2.24) is 4.98 Å². The Bertz CT molecular complexity index is 661. The van der Waals surface area contributed by atoms with Crippen LogP contribution in [0.4, 0.5) is 5.82 Å². The van der Waals surface area contributed by atoms with Crippen molar-refractivity contribution < 1.29 is 22.7 Å². The maximum Gasteiger partial charge on any atom is 0.338 e. The number of halogens is 1. The highest BCUT2D eigenvalue weighted by Gasteiger charge is 2.38. The van der Waals surface area contributed by atoms with Gasteiger partial charge in [0.25, 0.3) is 0 Å². The van der Waals surface area contributed by atoms with Crippen LogP contribution in [0.25, 0.3) is 0 Å². The predicted molar refractivity (Wildman–Crippen MR) is 71.1 cm³/mol. The van der Waals surface area contributed by atoms with E-state index in [0.717, 1.165) is 0 Å². The Morgan fingerprint density at radius 2 is 2.25 bits per heavy atom. The molecule has 0 spiro atoms. The molecule has 1 aromatic rings. The van der Waals surface area contributed by atoms with Gasteiger partial charge in [-0.1, -0.05) is 0 Å². The van der Waals surface area contributed by atoms with E-state index < -0.39 is 26.2 Å². The lowest BCUT2D eigenvalue weighted by atomic mass is 10.2. The summed E-state index contributed by atoms with van der Waals surface area (Å²) in [6.45, 7) is -0.0811. The summed E-state index contributed by atoms with van der Waals surface area (Å²) in [5.41, 5.74) is 0.225. The first kappa shape index (κ1) is 14.7. The van der Waals surface area contributed by atoms with E-state index in [-0.39, 0.29) is 24.3 Å². The number of pyridine rings is 1. The fraction of sp³-hybridized carbons (Fsp3) is 0.364. The Morgan fingerprint density at radius 3 is 2.80 bits per heavy atom. The first-order valence-corrected chi connectivity index (χ1v) is 7.98. The zero-order valence-corrected chi connectivity index (χ0v) is 12.0. The summed E-state index contributed by atoms with van der Waals surface area (Å²) in [7, 11) is 2.68. The van der Waals surface area contributed by atoms with E-state index in [1.54, 1.807) is 0 Å². The lowest BCUT2D eigenvalue weighted by Crippen LogP contribution is -2.27. The van der Waals surface area contributed by atoms with Gasteiger partial charge in [0.15, 0.2) is 0 Å². The lowest BCUT2D eigenvalue weighted by molar-refractivity contribution is -0.117. The average molecular weight is 319 g/mol. The van der Waals surface area contributed by atoms with Gasteiger partial charge < -0.3 is 4.74 Å². The molecule has 1 saturated heterocycles. The average Bonchev–Trinajstić information content (AvgIpc) is 2.80. The molecule has 1 aromatic heterocycles. The minimum atomic E-state index is -3.82. The summed E-state index contributed by atoms with van der Waals surface area (Å²) in [6, 6.07) is 2.80. The molecular weight excluding hydrogens is 308 g/mol. The number of esters is 1. The normalized spacial score (nSPS) is 19.2. The fourth-order valence-corrected chi connectivity index (χ4v) is 2.92. The monoisotopic (exact) mass is 318 g/mol. The number of carbonyl (C=O) groups excluding carboxylic acids is 2. The Balaban J connectivity index is 2.29. The maximum atomic E-state index is 11.8. The van der Waals surface area contributed by atoms with E-state index in [2.05, 4.69) is 9.72 Å². The topological polar surface area (TPSA) is 93.6 Å². The van der Waals surface area contributed by atoms with Gasteiger partial charge in [0.1, 0.15) is 11.1 Å². The van der Waals surface area contributed by atoms with Crippen molar-refractivity contribution in [2.45, 2.75) is 11.7 Å². The number of methoxy groups -OCH3 is 1. The summed E-state index contributed by atoms with van der Waals surface area (Å²) < 4.78 is 27.1. The molecule has 7 nitrogen and oxygen atoms in total. The maximum absolute atomic E-state index is 11.8. The molecule has 1 aliphatic rings. The van der Waals surface area contributed by atoms with Crippen LogP contribution in [0.3, 0.4) is 0 Å². The summed E-state index contributed by atoms with van der Waals surface area (Å²) >= 11 is 0. The number of aromatic nitrogens is 1. The summed E-state index contributed by atoms with van der Waals surface area (Å²) in [5, 5.41) is -0.972. The highest BCUT2D eigenvalue weighted by Crippen LogP contribution is 2.25. The van der Waals surface area contributed by atoms with Crippen LogP contribution in [0.1, 0.15) is 16.8 Å². The van der Waals surface area contributed by atoms with Crippen molar-refractivity contribution >= 4 is 37.4 Å². The van der Waals surface area contributed by atoms with Crippen LogP contribution < -0.4 is 4.90 Å². The molecule has 2 heterocycles. The van der Waals surface area contributed by atoms with Crippen LogP contribution in [-0.4, -0.2) is 44.2 Å². The van der Waals surface area contributed by atoms with Crippen molar-refractivity contribution in [1.29, 1.82) is 0 Å². The number of amides is 1. The molecule has 1 aliphatic heterocycles. The first-order chi connectivity index (χ1) is 9.32. The number of hydrogen-bond donors (Lipinski definition) is 0. The smallest absolute Gasteiger partial charge is 0.338 e. The SMILES string of the molecule is COC(=O)c1ccnc(N2CC(S(=O)(=O)Cl)CC2=O)c1. The van der Waals surface area contributed by atoms with Crippen molar-refractivity contribution in [3.63, 3.8) is 0 Å². The molecule has 0 N–H and O–H groups in total. The standard InChI is InChI=1S/C11H11ClN2O5S/c1-19-11(16)7-2-3-13-9(4-7)14-6-8(5-10(14)15)20(12,17)18/h2-4,8H,5-6H2,1H3. The number of nitrogens with zero attached hydrogens (tertiary/aromatic N) is 2. The summed E-state index contributed by atoms with van der Waals surface area (Å²) in [4.78, 5) is 28.4. The van der Waals surface area contributed by atoms with Crippen molar-refractivity contribution in [2.24, 2.45) is 0 Å². The van der Waals surface area contributed by atoms with E-state index in [1.165, 1.54) is 30.3 Å². The van der Waals surface area contributed by atoms with Gasteiger partial charge in [-0.2, -0.15) is 0 Å². The number of rotatable bonds is 3. The Hall–Kier alpha value is -1.67. The van der Waals surface area contributed by atoms with Gasteiger partial charge >= 0.3 is 5.97 Å². The van der Waals surface area contributed by atoms with E-state index in [4.69, 9.17) is 10.7 Å². The molecule has 1 amide bonds. The molecule has 0 radical (unpaired) electrons. The van der Waals surface area contributed by atoms with Crippen LogP contribution in [-0.2, 0) is 18.6 Å². The van der Waals surface area contributed by atoms with E-state index in [0.29, 0.717) is 0 Å². The largest absolute Gasteiger partial charge is 0.465 e. The first-order valence-electron chi connectivity index (χ1n) is 5.61. The molecule has 0 saturated carbocycles. The molecule has 0 bridgehead atoms. The van der Waals surface area contributed by atoms with Gasteiger partial charge in [0.05, 0.1) is 12.7 Å². The van der Waals surface area contributed by atoms with E-state index in [1.807, 2.05) is 0 Å². The third-order valence-corrected chi connectivity index (χ3v) is 4.80. The molecule has 108 valence electrons.